The summed E-state index contributed by atoms with van der Waals surface area (Å²) in [5, 5.41) is 8.41. The van der Waals surface area contributed by atoms with E-state index < -0.39 is 0 Å². The van der Waals surface area contributed by atoms with Crippen LogP contribution in [0.15, 0.2) is 42.5 Å². The van der Waals surface area contributed by atoms with Crippen LogP contribution in [0.5, 0.6) is 11.5 Å². The van der Waals surface area contributed by atoms with Gasteiger partial charge in [0.05, 0.1) is 19.9 Å². The van der Waals surface area contributed by atoms with Gasteiger partial charge < -0.3 is 14.8 Å². The first-order chi connectivity index (χ1) is 12.2. The number of aromatic nitrogens is 2. The van der Waals surface area contributed by atoms with Crippen molar-refractivity contribution in [2.24, 2.45) is 0 Å². The molecule has 4 rings (SSSR count). The summed E-state index contributed by atoms with van der Waals surface area (Å²) in [6.07, 6.45) is 0.941. The van der Waals surface area contributed by atoms with Gasteiger partial charge in [-0.15, -0.1) is 0 Å². The quantitative estimate of drug-likeness (QED) is 0.787. The average molecular weight is 335 g/mol. The Morgan fingerprint density at radius 1 is 1.08 bits per heavy atom. The molecule has 5 heteroatoms. The number of para-hydroxylation sites is 1. The Balaban J connectivity index is 1.94. The molecule has 0 radical (unpaired) electrons. The summed E-state index contributed by atoms with van der Waals surface area (Å²) < 4.78 is 13.0. The molecular formula is C20H21N3O2. The predicted molar refractivity (Wildman–Crippen MR) is 99.0 cm³/mol. The fourth-order valence-corrected chi connectivity index (χ4v) is 3.37. The molecule has 2 aromatic carbocycles. The molecule has 0 bridgehead atoms. The van der Waals surface area contributed by atoms with E-state index in [4.69, 9.17) is 14.6 Å². The highest BCUT2D eigenvalue weighted by atomic mass is 16.5. The van der Waals surface area contributed by atoms with Gasteiger partial charge in [-0.25, -0.2) is 4.68 Å². The van der Waals surface area contributed by atoms with Crippen LogP contribution in [0.1, 0.15) is 11.1 Å². The van der Waals surface area contributed by atoms with E-state index >= 15 is 0 Å². The van der Waals surface area contributed by atoms with Gasteiger partial charge >= 0.3 is 0 Å². The summed E-state index contributed by atoms with van der Waals surface area (Å²) in [5.74, 6) is 2.65. The summed E-state index contributed by atoms with van der Waals surface area (Å²) in [6.45, 7) is 3.02. The van der Waals surface area contributed by atoms with E-state index in [1.54, 1.807) is 14.2 Å². The normalized spacial score (nSPS) is 12.6. The summed E-state index contributed by atoms with van der Waals surface area (Å²) in [4.78, 5) is 0. The van der Waals surface area contributed by atoms with Crippen LogP contribution in [0.25, 0.3) is 16.9 Å². The van der Waals surface area contributed by atoms with Crippen LogP contribution >= 0.6 is 0 Å². The number of fused-ring (bicyclic) bond motifs is 1. The Morgan fingerprint density at radius 2 is 1.92 bits per heavy atom. The Hall–Kier alpha value is -2.95. The van der Waals surface area contributed by atoms with Crippen molar-refractivity contribution in [3.05, 3.63) is 53.6 Å². The SMILES string of the molecule is COc1ccc(OC)c(-c2nn(-c3ccccc3C)c3c2CCN3)c1. The highest BCUT2D eigenvalue weighted by Gasteiger charge is 2.26. The first kappa shape index (κ1) is 15.6. The number of methoxy groups -OCH3 is 2. The van der Waals surface area contributed by atoms with Crippen molar-refractivity contribution < 1.29 is 9.47 Å². The van der Waals surface area contributed by atoms with Crippen molar-refractivity contribution in [2.45, 2.75) is 13.3 Å². The third-order valence-corrected chi connectivity index (χ3v) is 4.66. The second kappa shape index (κ2) is 6.16. The number of anilines is 1. The predicted octanol–water partition coefficient (Wildman–Crippen LogP) is 3.83. The van der Waals surface area contributed by atoms with Gasteiger partial charge in [0.2, 0.25) is 0 Å². The number of hydrogen-bond donors (Lipinski definition) is 1. The Kier molecular flexibility index (Phi) is 3.84. The molecule has 2 heterocycles. The second-order valence-electron chi connectivity index (χ2n) is 6.12. The van der Waals surface area contributed by atoms with Crippen LogP contribution in [-0.4, -0.2) is 30.5 Å². The molecule has 0 atom stereocenters. The minimum absolute atomic E-state index is 0.793. The Bertz CT molecular complexity index is 931. The van der Waals surface area contributed by atoms with E-state index in [0.717, 1.165) is 47.2 Å². The highest BCUT2D eigenvalue weighted by molar-refractivity contribution is 5.77. The lowest BCUT2D eigenvalue weighted by molar-refractivity contribution is 0.404. The third kappa shape index (κ3) is 2.52. The maximum absolute atomic E-state index is 5.57. The van der Waals surface area contributed by atoms with Crippen molar-refractivity contribution >= 4 is 5.82 Å². The van der Waals surface area contributed by atoms with Crippen molar-refractivity contribution in [3.8, 4) is 28.4 Å². The molecule has 0 unspecified atom stereocenters. The summed E-state index contributed by atoms with van der Waals surface area (Å²) in [5.41, 5.74) is 5.38. The van der Waals surface area contributed by atoms with Crippen LogP contribution in [0, 0.1) is 6.92 Å². The molecule has 1 aliphatic heterocycles. The first-order valence-corrected chi connectivity index (χ1v) is 8.37. The molecule has 1 N–H and O–H groups in total. The van der Waals surface area contributed by atoms with Crippen LogP contribution in [0.3, 0.4) is 0 Å². The average Bonchev–Trinajstić information content (AvgIpc) is 3.24. The maximum Gasteiger partial charge on any atom is 0.133 e. The van der Waals surface area contributed by atoms with Crippen molar-refractivity contribution in [1.82, 2.24) is 9.78 Å². The Labute approximate surface area is 147 Å². The summed E-state index contributed by atoms with van der Waals surface area (Å²) in [6, 6.07) is 14.1. The van der Waals surface area contributed by atoms with Crippen LogP contribution in [-0.2, 0) is 6.42 Å². The van der Waals surface area contributed by atoms with Gasteiger partial charge in [0.25, 0.3) is 0 Å². The van der Waals surface area contributed by atoms with E-state index in [9.17, 15) is 0 Å². The minimum Gasteiger partial charge on any atom is -0.497 e. The number of hydrogen-bond acceptors (Lipinski definition) is 4. The molecule has 0 saturated heterocycles. The fourth-order valence-electron chi connectivity index (χ4n) is 3.37. The lowest BCUT2D eigenvalue weighted by Gasteiger charge is -2.10. The Morgan fingerprint density at radius 3 is 2.68 bits per heavy atom. The van der Waals surface area contributed by atoms with Gasteiger partial charge in [-0.05, 0) is 43.2 Å². The van der Waals surface area contributed by atoms with Gasteiger partial charge in [-0.1, -0.05) is 18.2 Å². The minimum atomic E-state index is 0.793. The van der Waals surface area contributed by atoms with Crippen molar-refractivity contribution in [1.29, 1.82) is 0 Å². The zero-order valence-corrected chi connectivity index (χ0v) is 14.7. The monoisotopic (exact) mass is 335 g/mol. The topological polar surface area (TPSA) is 48.3 Å². The van der Waals surface area contributed by atoms with Crippen molar-refractivity contribution in [3.63, 3.8) is 0 Å². The van der Waals surface area contributed by atoms with E-state index in [2.05, 4.69) is 24.4 Å². The molecule has 5 nitrogen and oxygen atoms in total. The summed E-state index contributed by atoms with van der Waals surface area (Å²) >= 11 is 0. The molecular weight excluding hydrogens is 314 g/mol. The van der Waals surface area contributed by atoms with E-state index in [1.165, 1.54) is 11.1 Å². The zero-order valence-electron chi connectivity index (χ0n) is 14.7. The largest absolute Gasteiger partial charge is 0.497 e. The van der Waals surface area contributed by atoms with Gasteiger partial charge in [-0.2, -0.15) is 5.10 Å². The van der Waals surface area contributed by atoms with E-state index in [0.29, 0.717) is 0 Å². The molecule has 1 aliphatic rings. The van der Waals surface area contributed by atoms with E-state index in [1.807, 2.05) is 35.0 Å². The molecule has 3 aromatic rings. The lowest BCUT2D eigenvalue weighted by Crippen LogP contribution is -2.05. The van der Waals surface area contributed by atoms with Crippen molar-refractivity contribution in [2.75, 3.05) is 26.1 Å². The van der Waals surface area contributed by atoms with E-state index in [-0.39, 0.29) is 0 Å². The fraction of sp³-hybridized carbons (Fsp3) is 0.250. The highest BCUT2D eigenvalue weighted by Crippen LogP contribution is 2.40. The molecule has 0 aliphatic carbocycles. The number of nitrogens with one attached hydrogen (secondary N) is 1. The first-order valence-electron chi connectivity index (χ1n) is 8.37. The number of benzene rings is 2. The molecule has 128 valence electrons. The summed E-state index contributed by atoms with van der Waals surface area (Å²) in [7, 11) is 3.35. The van der Waals surface area contributed by atoms with Gasteiger partial charge in [0.1, 0.15) is 23.0 Å². The van der Waals surface area contributed by atoms with Crippen LogP contribution in [0.2, 0.25) is 0 Å². The van der Waals surface area contributed by atoms with Gasteiger partial charge in [-0.3, -0.25) is 0 Å². The molecule has 0 spiro atoms. The van der Waals surface area contributed by atoms with Crippen LogP contribution in [0.4, 0.5) is 5.82 Å². The second-order valence-corrected chi connectivity index (χ2v) is 6.12. The van der Waals surface area contributed by atoms with Gasteiger partial charge in [0.15, 0.2) is 0 Å². The molecule has 25 heavy (non-hydrogen) atoms. The third-order valence-electron chi connectivity index (χ3n) is 4.66. The lowest BCUT2D eigenvalue weighted by atomic mass is 10.1. The number of ether oxygens (including phenoxy) is 2. The standard InChI is InChI=1S/C20H21N3O2/c1-13-6-4-5-7-17(13)23-20-15(10-11-21-20)19(22-23)16-12-14(24-2)8-9-18(16)25-3/h4-9,12,21H,10-11H2,1-3H3. The smallest absolute Gasteiger partial charge is 0.133 e. The molecule has 0 amide bonds. The molecule has 0 saturated carbocycles. The number of aryl methyl sites for hydroxylation is 1. The molecule has 1 aromatic heterocycles. The molecule has 0 fully saturated rings. The number of nitrogens with zero attached hydrogens (tertiary/aromatic N) is 2. The van der Waals surface area contributed by atoms with Crippen LogP contribution < -0.4 is 14.8 Å². The maximum atomic E-state index is 5.57. The number of rotatable bonds is 4. The van der Waals surface area contributed by atoms with Gasteiger partial charge in [0, 0.05) is 17.7 Å². The zero-order chi connectivity index (χ0) is 17.4.